The minimum atomic E-state index is -0.0278. The Kier molecular flexibility index (Phi) is 3.83. The largest absolute Gasteiger partial charge is 0.290 e. The van der Waals surface area contributed by atoms with Crippen LogP contribution in [0.15, 0.2) is 35.1 Å². The smallest absolute Gasteiger partial charge is 0.261 e. The van der Waals surface area contributed by atoms with Crippen LogP contribution in [0, 0.1) is 13.8 Å². The summed E-state index contributed by atoms with van der Waals surface area (Å²) in [6, 6.07) is 9.51. The molecule has 0 N–H and O–H groups in total. The number of hydrogen-bond donors (Lipinski definition) is 0. The van der Waals surface area contributed by atoms with Gasteiger partial charge in [0.15, 0.2) is 0 Å². The monoisotopic (exact) mass is 318 g/mol. The minimum Gasteiger partial charge on any atom is -0.290 e. The van der Waals surface area contributed by atoms with Crippen LogP contribution in [0.2, 0.25) is 0 Å². The van der Waals surface area contributed by atoms with E-state index in [1.807, 2.05) is 24.3 Å². The number of thiophene rings is 1. The molecule has 0 saturated carbocycles. The summed E-state index contributed by atoms with van der Waals surface area (Å²) in [5, 5.41) is 0.636. The molecule has 0 spiro atoms. The lowest BCUT2D eigenvalue weighted by molar-refractivity contribution is 0.714. The highest BCUT2D eigenvalue weighted by atomic mass is 35.5. The van der Waals surface area contributed by atoms with E-state index in [0.29, 0.717) is 23.3 Å². The zero-order valence-corrected chi connectivity index (χ0v) is 13.5. The fourth-order valence-corrected chi connectivity index (χ4v) is 3.61. The van der Waals surface area contributed by atoms with Crippen LogP contribution in [0.1, 0.15) is 21.1 Å². The van der Waals surface area contributed by atoms with E-state index >= 15 is 0 Å². The number of rotatable bonds is 3. The van der Waals surface area contributed by atoms with Crippen LogP contribution in [-0.2, 0) is 12.4 Å². The molecule has 3 nitrogen and oxygen atoms in total. The second-order valence-corrected chi connectivity index (χ2v) is 6.63. The zero-order valence-electron chi connectivity index (χ0n) is 11.9. The second-order valence-electron chi connectivity index (χ2n) is 5.02. The Morgan fingerprint density at radius 1 is 1.29 bits per heavy atom. The third-order valence-corrected chi connectivity index (χ3v) is 4.97. The number of benzene rings is 1. The van der Waals surface area contributed by atoms with E-state index in [2.05, 4.69) is 24.9 Å². The lowest BCUT2D eigenvalue weighted by Gasteiger charge is -2.10. The van der Waals surface area contributed by atoms with Gasteiger partial charge < -0.3 is 0 Å². The van der Waals surface area contributed by atoms with Crippen LogP contribution in [0.3, 0.4) is 0 Å². The molecule has 2 aromatic heterocycles. The summed E-state index contributed by atoms with van der Waals surface area (Å²) in [7, 11) is 0. The van der Waals surface area contributed by atoms with Crippen LogP contribution in [-0.4, -0.2) is 9.55 Å². The SMILES string of the molecule is Cc1cc(Cn2c(CCl)nc3ccccc3c2=O)sc1C. The van der Waals surface area contributed by atoms with Crippen molar-refractivity contribution >= 4 is 33.8 Å². The fraction of sp³-hybridized carbons (Fsp3) is 0.250. The van der Waals surface area contributed by atoms with Gasteiger partial charge in [-0.1, -0.05) is 12.1 Å². The third-order valence-electron chi connectivity index (χ3n) is 3.59. The van der Waals surface area contributed by atoms with Gasteiger partial charge in [0, 0.05) is 9.75 Å². The van der Waals surface area contributed by atoms with Crippen LogP contribution in [0.5, 0.6) is 0 Å². The molecule has 0 atom stereocenters. The van der Waals surface area contributed by atoms with Crippen LogP contribution < -0.4 is 5.56 Å². The predicted octanol–water partition coefficient (Wildman–Crippen LogP) is 3.86. The average molecular weight is 319 g/mol. The second kappa shape index (κ2) is 5.62. The summed E-state index contributed by atoms with van der Waals surface area (Å²) >= 11 is 7.70. The third kappa shape index (κ3) is 2.61. The molecule has 0 amide bonds. The maximum Gasteiger partial charge on any atom is 0.261 e. The molecule has 0 aliphatic rings. The molecule has 0 aliphatic heterocycles. The van der Waals surface area contributed by atoms with E-state index in [0.717, 1.165) is 4.88 Å². The molecule has 0 aliphatic carbocycles. The molecule has 0 bridgehead atoms. The number of alkyl halides is 1. The van der Waals surface area contributed by atoms with E-state index in [9.17, 15) is 4.79 Å². The van der Waals surface area contributed by atoms with E-state index < -0.39 is 0 Å². The summed E-state index contributed by atoms with van der Waals surface area (Å²) in [5.74, 6) is 0.840. The van der Waals surface area contributed by atoms with E-state index in [1.54, 1.807) is 15.9 Å². The average Bonchev–Trinajstić information content (AvgIpc) is 2.80. The van der Waals surface area contributed by atoms with Crippen molar-refractivity contribution in [2.24, 2.45) is 0 Å². The summed E-state index contributed by atoms with van der Waals surface area (Å²) in [6.45, 7) is 4.70. The zero-order chi connectivity index (χ0) is 15.0. The van der Waals surface area contributed by atoms with Crippen molar-refractivity contribution in [2.45, 2.75) is 26.3 Å². The first-order valence-corrected chi connectivity index (χ1v) is 8.05. The van der Waals surface area contributed by atoms with Gasteiger partial charge in [-0.05, 0) is 37.6 Å². The maximum absolute atomic E-state index is 12.7. The molecule has 1 aromatic carbocycles. The highest BCUT2D eigenvalue weighted by Crippen LogP contribution is 2.22. The summed E-state index contributed by atoms with van der Waals surface area (Å²) in [6.07, 6.45) is 0. The molecule has 2 heterocycles. The summed E-state index contributed by atoms with van der Waals surface area (Å²) in [4.78, 5) is 19.6. The van der Waals surface area contributed by atoms with Gasteiger partial charge in [-0.25, -0.2) is 4.98 Å². The Labute approximate surface area is 131 Å². The van der Waals surface area contributed by atoms with Crippen molar-refractivity contribution in [3.05, 3.63) is 61.8 Å². The van der Waals surface area contributed by atoms with Gasteiger partial charge in [-0.3, -0.25) is 9.36 Å². The Bertz CT molecular complexity index is 847. The number of nitrogens with zero attached hydrogens (tertiary/aromatic N) is 2. The van der Waals surface area contributed by atoms with Gasteiger partial charge in [0.1, 0.15) is 5.82 Å². The fourth-order valence-electron chi connectivity index (χ4n) is 2.36. The lowest BCUT2D eigenvalue weighted by atomic mass is 10.2. The molecule has 0 fully saturated rings. The molecule has 3 aromatic rings. The Morgan fingerprint density at radius 2 is 2.05 bits per heavy atom. The Balaban J connectivity index is 2.16. The Morgan fingerprint density at radius 3 is 2.71 bits per heavy atom. The van der Waals surface area contributed by atoms with Gasteiger partial charge in [0.2, 0.25) is 0 Å². The number of halogens is 1. The maximum atomic E-state index is 12.7. The molecule has 0 unspecified atom stereocenters. The summed E-state index contributed by atoms with van der Waals surface area (Å²) in [5.41, 5.74) is 1.93. The first kappa shape index (κ1) is 14.3. The first-order valence-electron chi connectivity index (χ1n) is 6.70. The van der Waals surface area contributed by atoms with E-state index in [4.69, 9.17) is 11.6 Å². The van der Waals surface area contributed by atoms with Gasteiger partial charge >= 0.3 is 0 Å². The molecule has 21 heavy (non-hydrogen) atoms. The number of para-hydroxylation sites is 1. The first-order chi connectivity index (χ1) is 10.1. The predicted molar refractivity (Wildman–Crippen MR) is 88.5 cm³/mol. The van der Waals surface area contributed by atoms with Crippen molar-refractivity contribution in [3.63, 3.8) is 0 Å². The normalized spacial score (nSPS) is 11.2. The lowest BCUT2D eigenvalue weighted by Crippen LogP contribution is -2.25. The topological polar surface area (TPSA) is 34.9 Å². The van der Waals surface area contributed by atoms with Gasteiger partial charge in [-0.15, -0.1) is 22.9 Å². The molecule has 0 radical (unpaired) electrons. The minimum absolute atomic E-state index is 0.0278. The number of aromatic nitrogens is 2. The van der Waals surface area contributed by atoms with Gasteiger partial charge in [-0.2, -0.15) is 0 Å². The van der Waals surface area contributed by atoms with Crippen molar-refractivity contribution in [2.75, 3.05) is 0 Å². The molecular formula is C16H15ClN2OS. The van der Waals surface area contributed by atoms with Crippen LogP contribution in [0.25, 0.3) is 10.9 Å². The van der Waals surface area contributed by atoms with Crippen molar-refractivity contribution in [1.82, 2.24) is 9.55 Å². The highest BCUT2D eigenvalue weighted by Gasteiger charge is 2.12. The molecule has 108 valence electrons. The molecular weight excluding hydrogens is 304 g/mol. The Hall–Kier alpha value is -1.65. The van der Waals surface area contributed by atoms with Crippen molar-refractivity contribution in [3.8, 4) is 0 Å². The van der Waals surface area contributed by atoms with Gasteiger partial charge in [0.05, 0.1) is 23.3 Å². The molecule has 3 rings (SSSR count). The van der Waals surface area contributed by atoms with E-state index in [1.165, 1.54) is 10.4 Å². The van der Waals surface area contributed by atoms with Gasteiger partial charge in [0.25, 0.3) is 5.56 Å². The van der Waals surface area contributed by atoms with Crippen molar-refractivity contribution in [1.29, 1.82) is 0 Å². The summed E-state index contributed by atoms with van der Waals surface area (Å²) < 4.78 is 1.68. The standard InChI is InChI=1S/C16H15ClN2OS/c1-10-7-12(21-11(10)2)9-19-15(8-17)18-14-6-4-3-5-13(14)16(19)20/h3-7H,8-9H2,1-2H3. The van der Waals surface area contributed by atoms with Crippen LogP contribution >= 0.6 is 22.9 Å². The quantitative estimate of drug-likeness (QED) is 0.687. The number of hydrogen-bond acceptors (Lipinski definition) is 3. The number of aryl methyl sites for hydroxylation is 2. The number of fused-ring (bicyclic) bond motifs is 1. The molecule has 0 saturated heterocycles. The van der Waals surface area contributed by atoms with Crippen LogP contribution in [0.4, 0.5) is 0 Å². The highest BCUT2D eigenvalue weighted by molar-refractivity contribution is 7.12. The van der Waals surface area contributed by atoms with Crippen molar-refractivity contribution < 1.29 is 0 Å². The van der Waals surface area contributed by atoms with E-state index in [-0.39, 0.29) is 11.4 Å². The molecule has 5 heteroatoms.